The first-order valence-corrected chi connectivity index (χ1v) is 7.89. The summed E-state index contributed by atoms with van der Waals surface area (Å²) in [7, 11) is 0. The molecule has 18 heavy (non-hydrogen) atoms. The number of rotatable bonds is 4. The number of hydrogen-bond donors (Lipinski definition) is 2. The average molecular weight is 267 g/mol. The number of nitrogens with two attached hydrogens (primary N) is 1. The van der Waals surface area contributed by atoms with Gasteiger partial charge in [-0.3, -0.25) is 0 Å². The minimum Gasteiger partial charge on any atom is -0.387 e. The second-order valence-electron chi connectivity index (χ2n) is 5.83. The fraction of sp³-hybridized carbons (Fsp3) is 0.733. The fourth-order valence-electron chi connectivity index (χ4n) is 3.28. The quantitative estimate of drug-likeness (QED) is 0.877. The summed E-state index contributed by atoms with van der Waals surface area (Å²) in [5, 5.41) is 10.8. The van der Waals surface area contributed by atoms with Gasteiger partial charge in [0, 0.05) is 21.7 Å². The molecule has 3 atom stereocenters. The molecule has 1 heterocycles. The van der Waals surface area contributed by atoms with Crippen LogP contribution in [0, 0.1) is 11.3 Å². The lowest BCUT2D eigenvalue weighted by atomic mass is 9.66. The molecule has 0 bridgehead atoms. The maximum atomic E-state index is 10.8. The van der Waals surface area contributed by atoms with Gasteiger partial charge in [0.05, 0.1) is 6.10 Å². The first-order chi connectivity index (χ1) is 8.61. The molecule has 0 spiro atoms. The molecule has 1 aliphatic carbocycles. The number of aliphatic hydroxyl groups excluding tert-OH is 1. The number of aliphatic hydroxyl groups is 1. The summed E-state index contributed by atoms with van der Waals surface area (Å²) in [6, 6.07) is 4.23. The lowest BCUT2D eigenvalue weighted by molar-refractivity contribution is -0.0108. The minimum atomic E-state index is -0.379. The number of hydrogen-bond acceptors (Lipinski definition) is 3. The highest BCUT2D eigenvalue weighted by atomic mass is 32.1. The van der Waals surface area contributed by atoms with Crippen molar-refractivity contribution in [2.24, 2.45) is 17.1 Å². The topological polar surface area (TPSA) is 46.2 Å². The van der Waals surface area contributed by atoms with E-state index >= 15 is 0 Å². The van der Waals surface area contributed by atoms with Crippen molar-refractivity contribution in [3.05, 3.63) is 21.9 Å². The Morgan fingerprint density at radius 1 is 1.56 bits per heavy atom. The van der Waals surface area contributed by atoms with Gasteiger partial charge in [0.1, 0.15) is 0 Å². The van der Waals surface area contributed by atoms with Crippen LogP contribution in [0.5, 0.6) is 0 Å². The van der Waals surface area contributed by atoms with Crippen LogP contribution < -0.4 is 5.73 Å². The molecule has 102 valence electrons. The van der Waals surface area contributed by atoms with Gasteiger partial charge in [0.25, 0.3) is 0 Å². The zero-order valence-corrected chi connectivity index (χ0v) is 12.3. The standard InChI is InChI=1S/C15H25NOS/c1-3-12-6-7-13(18-12)14(17)15(10-16)8-4-5-11(2)9-15/h6-7,11,14,17H,3-5,8-10,16H2,1-2H3. The highest BCUT2D eigenvalue weighted by molar-refractivity contribution is 7.12. The molecule has 3 N–H and O–H groups in total. The Labute approximate surface area is 114 Å². The predicted octanol–water partition coefficient (Wildman–Crippen LogP) is 3.50. The van der Waals surface area contributed by atoms with Gasteiger partial charge in [-0.2, -0.15) is 0 Å². The van der Waals surface area contributed by atoms with Crippen LogP contribution in [0.4, 0.5) is 0 Å². The van der Waals surface area contributed by atoms with Crippen LogP contribution in [0.2, 0.25) is 0 Å². The Kier molecular flexibility index (Phi) is 4.46. The van der Waals surface area contributed by atoms with Crippen LogP contribution in [0.3, 0.4) is 0 Å². The van der Waals surface area contributed by atoms with Crippen LogP contribution in [0.1, 0.15) is 55.4 Å². The Bertz CT molecular complexity index is 390. The molecule has 0 radical (unpaired) electrons. The fourth-order valence-corrected chi connectivity index (χ4v) is 4.36. The third-order valence-electron chi connectivity index (χ3n) is 4.41. The summed E-state index contributed by atoms with van der Waals surface area (Å²) in [6.07, 6.45) is 5.26. The SMILES string of the molecule is CCc1ccc(C(O)C2(CN)CCCC(C)C2)s1. The van der Waals surface area contributed by atoms with Gasteiger partial charge in [0.15, 0.2) is 0 Å². The van der Waals surface area contributed by atoms with Gasteiger partial charge >= 0.3 is 0 Å². The smallest absolute Gasteiger partial charge is 0.0950 e. The van der Waals surface area contributed by atoms with Gasteiger partial charge in [0.2, 0.25) is 0 Å². The van der Waals surface area contributed by atoms with Gasteiger partial charge in [-0.1, -0.05) is 26.7 Å². The van der Waals surface area contributed by atoms with E-state index in [1.807, 2.05) is 0 Å². The van der Waals surface area contributed by atoms with E-state index in [-0.39, 0.29) is 11.5 Å². The Morgan fingerprint density at radius 3 is 2.89 bits per heavy atom. The van der Waals surface area contributed by atoms with Crippen LogP contribution in [0.15, 0.2) is 12.1 Å². The lowest BCUT2D eigenvalue weighted by Gasteiger charge is -2.42. The van der Waals surface area contributed by atoms with Gasteiger partial charge in [-0.05, 0) is 37.3 Å². The summed E-state index contributed by atoms with van der Waals surface area (Å²) in [6.45, 7) is 5.03. The summed E-state index contributed by atoms with van der Waals surface area (Å²) in [5.41, 5.74) is 5.93. The summed E-state index contributed by atoms with van der Waals surface area (Å²) in [5.74, 6) is 0.683. The van der Waals surface area contributed by atoms with E-state index < -0.39 is 0 Å². The minimum absolute atomic E-state index is 0.0898. The molecule has 1 aliphatic rings. The van der Waals surface area contributed by atoms with E-state index in [4.69, 9.17) is 5.73 Å². The first-order valence-electron chi connectivity index (χ1n) is 7.08. The van der Waals surface area contributed by atoms with Crippen molar-refractivity contribution in [3.8, 4) is 0 Å². The van der Waals surface area contributed by atoms with Crippen molar-refractivity contribution in [2.45, 2.75) is 52.1 Å². The number of thiophene rings is 1. The van der Waals surface area contributed by atoms with Crippen molar-refractivity contribution in [3.63, 3.8) is 0 Å². The zero-order chi connectivity index (χ0) is 13.2. The largest absolute Gasteiger partial charge is 0.387 e. The van der Waals surface area contributed by atoms with Crippen molar-refractivity contribution in [1.82, 2.24) is 0 Å². The van der Waals surface area contributed by atoms with E-state index in [0.29, 0.717) is 12.5 Å². The van der Waals surface area contributed by atoms with Gasteiger partial charge in [-0.15, -0.1) is 11.3 Å². The molecule has 0 aliphatic heterocycles. The molecule has 1 aromatic rings. The van der Waals surface area contributed by atoms with Crippen LogP contribution in [0.25, 0.3) is 0 Å². The highest BCUT2D eigenvalue weighted by Gasteiger charge is 2.41. The van der Waals surface area contributed by atoms with Crippen molar-refractivity contribution in [1.29, 1.82) is 0 Å². The molecule has 3 unspecified atom stereocenters. The predicted molar refractivity (Wildman–Crippen MR) is 77.8 cm³/mol. The maximum absolute atomic E-state index is 10.8. The lowest BCUT2D eigenvalue weighted by Crippen LogP contribution is -2.40. The second-order valence-corrected chi connectivity index (χ2v) is 7.03. The van der Waals surface area contributed by atoms with E-state index in [1.54, 1.807) is 11.3 Å². The second kappa shape index (κ2) is 5.72. The van der Waals surface area contributed by atoms with Crippen molar-refractivity contribution in [2.75, 3.05) is 6.54 Å². The molecule has 2 rings (SSSR count). The molecule has 0 aromatic carbocycles. The number of aryl methyl sites for hydroxylation is 1. The summed E-state index contributed by atoms with van der Waals surface area (Å²) in [4.78, 5) is 2.45. The third-order valence-corrected chi connectivity index (χ3v) is 5.70. The Morgan fingerprint density at radius 2 is 2.33 bits per heavy atom. The van der Waals surface area contributed by atoms with E-state index in [2.05, 4.69) is 26.0 Å². The van der Waals surface area contributed by atoms with E-state index in [1.165, 1.54) is 17.7 Å². The van der Waals surface area contributed by atoms with Crippen molar-refractivity contribution >= 4 is 11.3 Å². The van der Waals surface area contributed by atoms with Crippen LogP contribution in [-0.2, 0) is 6.42 Å². The molecular formula is C15H25NOS. The summed E-state index contributed by atoms with van der Waals surface area (Å²) < 4.78 is 0. The first kappa shape index (κ1) is 14.0. The average Bonchev–Trinajstić information content (AvgIpc) is 2.86. The highest BCUT2D eigenvalue weighted by Crippen LogP contribution is 2.48. The molecule has 1 saturated carbocycles. The Balaban J connectivity index is 2.20. The maximum Gasteiger partial charge on any atom is 0.0950 e. The molecule has 0 amide bonds. The van der Waals surface area contributed by atoms with Gasteiger partial charge in [-0.25, -0.2) is 0 Å². The Hall–Kier alpha value is -0.380. The summed E-state index contributed by atoms with van der Waals surface area (Å²) >= 11 is 1.74. The molecule has 1 fully saturated rings. The molecule has 1 aromatic heterocycles. The molecule has 0 saturated heterocycles. The van der Waals surface area contributed by atoms with Crippen molar-refractivity contribution < 1.29 is 5.11 Å². The molecule has 3 heteroatoms. The monoisotopic (exact) mass is 267 g/mol. The van der Waals surface area contributed by atoms with Crippen LogP contribution >= 0.6 is 11.3 Å². The van der Waals surface area contributed by atoms with E-state index in [9.17, 15) is 5.11 Å². The third kappa shape index (κ3) is 2.63. The molecular weight excluding hydrogens is 242 g/mol. The normalized spacial score (nSPS) is 30.3. The van der Waals surface area contributed by atoms with Gasteiger partial charge < -0.3 is 10.8 Å². The van der Waals surface area contributed by atoms with E-state index in [0.717, 1.165) is 24.1 Å². The van der Waals surface area contributed by atoms with Crippen LogP contribution in [-0.4, -0.2) is 11.7 Å². The molecule has 2 nitrogen and oxygen atoms in total. The zero-order valence-electron chi connectivity index (χ0n) is 11.5.